The molecule has 0 spiro atoms. The Kier molecular flexibility index (Phi) is 5.91. The van der Waals surface area contributed by atoms with Gasteiger partial charge in [-0.25, -0.2) is 9.18 Å². The van der Waals surface area contributed by atoms with Crippen molar-refractivity contribution in [3.63, 3.8) is 0 Å². The van der Waals surface area contributed by atoms with Crippen LogP contribution in [-0.2, 0) is 19.1 Å². The molecule has 6 nitrogen and oxygen atoms in total. The highest BCUT2D eigenvalue weighted by Crippen LogP contribution is 2.30. The van der Waals surface area contributed by atoms with Crippen molar-refractivity contribution in [2.45, 2.75) is 19.1 Å². The molecule has 0 saturated carbocycles. The molecule has 0 atom stereocenters. The number of nitrogens with zero attached hydrogens (tertiary/aromatic N) is 4. The SMILES string of the molecule is O=C(O)c1ccc(Cc2ccc(C(F)(F)F)cc2)c(-c2nnn(Cc3ccccc3F)n2)c1. The second-order valence-electron chi connectivity index (χ2n) is 7.28. The van der Waals surface area contributed by atoms with E-state index in [1.165, 1.54) is 35.1 Å². The molecule has 0 aliphatic heterocycles. The summed E-state index contributed by atoms with van der Waals surface area (Å²) in [5.74, 6) is -1.46. The fraction of sp³-hybridized carbons (Fsp3) is 0.130. The predicted molar refractivity (Wildman–Crippen MR) is 110 cm³/mol. The van der Waals surface area contributed by atoms with Crippen LogP contribution in [0.2, 0.25) is 0 Å². The predicted octanol–water partition coefficient (Wildman–Crippen LogP) is 4.84. The van der Waals surface area contributed by atoms with Crippen molar-refractivity contribution in [1.82, 2.24) is 20.2 Å². The number of aromatic carboxylic acids is 1. The van der Waals surface area contributed by atoms with E-state index < -0.39 is 23.5 Å². The minimum atomic E-state index is -4.44. The maximum Gasteiger partial charge on any atom is 0.416 e. The van der Waals surface area contributed by atoms with Crippen molar-refractivity contribution in [2.24, 2.45) is 0 Å². The average Bonchev–Trinajstić information content (AvgIpc) is 3.23. The van der Waals surface area contributed by atoms with Crippen molar-refractivity contribution >= 4 is 5.97 Å². The van der Waals surface area contributed by atoms with E-state index in [0.717, 1.165) is 12.1 Å². The normalized spacial score (nSPS) is 11.5. The van der Waals surface area contributed by atoms with Gasteiger partial charge in [0.2, 0.25) is 5.82 Å². The van der Waals surface area contributed by atoms with E-state index in [1.807, 2.05) is 0 Å². The van der Waals surface area contributed by atoms with Crippen molar-refractivity contribution in [1.29, 1.82) is 0 Å². The lowest BCUT2D eigenvalue weighted by Gasteiger charge is -2.10. The zero-order chi connectivity index (χ0) is 23.6. The van der Waals surface area contributed by atoms with Gasteiger partial charge in [-0.3, -0.25) is 0 Å². The van der Waals surface area contributed by atoms with Crippen LogP contribution in [0.3, 0.4) is 0 Å². The van der Waals surface area contributed by atoms with Gasteiger partial charge in [0.25, 0.3) is 0 Å². The first kappa shape index (κ1) is 22.1. The van der Waals surface area contributed by atoms with Gasteiger partial charge in [0.15, 0.2) is 0 Å². The van der Waals surface area contributed by atoms with E-state index in [2.05, 4.69) is 15.4 Å². The number of carbonyl (C=O) groups is 1. The van der Waals surface area contributed by atoms with E-state index in [9.17, 15) is 27.5 Å². The van der Waals surface area contributed by atoms with Gasteiger partial charge < -0.3 is 5.11 Å². The molecule has 1 heterocycles. The molecule has 0 radical (unpaired) electrons. The third kappa shape index (κ3) is 5.05. The Morgan fingerprint density at radius 1 is 0.970 bits per heavy atom. The first-order valence-corrected chi connectivity index (χ1v) is 9.74. The fourth-order valence-electron chi connectivity index (χ4n) is 3.30. The van der Waals surface area contributed by atoms with Gasteiger partial charge >= 0.3 is 12.1 Å². The summed E-state index contributed by atoms with van der Waals surface area (Å²) in [6.45, 7) is 0.0204. The largest absolute Gasteiger partial charge is 0.478 e. The smallest absolute Gasteiger partial charge is 0.416 e. The molecule has 0 unspecified atom stereocenters. The third-order valence-corrected chi connectivity index (χ3v) is 5.00. The van der Waals surface area contributed by atoms with Crippen LogP contribution in [0.5, 0.6) is 0 Å². The fourth-order valence-corrected chi connectivity index (χ4v) is 3.30. The van der Waals surface area contributed by atoms with Gasteiger partial charge in [0.1, 0.15) is 5.82 Å². The van der Waals surface area contributed by atoms with Gasteiger partial charge in [0, 0.05) is 11.1 Å². The summed E-state index contributed by atoms with van der Waals surface area (Å²) >= 11 is 0. The summed E-state index contributed by atoms with van der Waals surface area (Å²) in [7, 11) is 0. The summed E-state index contributed by atoms with van der Waals surface area (Å²) in [6, 6.07) is 15.2. The molecule has 3 aromatic carbocycles. The second kappa shape index (κ2) is 8.81. The van der Waals surface area contributed by atoms with Gasteiger partial charge in [-0.15, -0.1) is 10.2 Å². The minimum Gasteiger partial charge on any atom is -0.478 e. The number of rotatable bonds is 6. The molecule has 4 aromatic rings. The highest BCUT2D eigenvalue weighted by Gasteiger charge is 2.30. The second-order valence-corrected chi connectivity index (χ2v) is 7.28. The van der Waals surface area contributed by atoms with E-state index in [0.29, 0.717) is 22.3 Å². The lowest BCUT2D eigenvalue weighted by molar-refractivity contribution is -0.137. The summed E-state index contributed by atoms with van der Waals surface area (Å²) in [4.78, 5) is 12.6. The first-order chi connectivity index (χ1) is 15.7. The minimum absolute atomic E-state index is 0.00776. The van der Waals surface area contributed by atoms with E-state index in [4.69, 9.17) is 0 Å². The third-order valence-electron chi connectivity index (χ3n) is 5.00. The number of aromatic nitrogens is 4. The number of halogens is 4. The van der Waals surface area contributed by atoms with Crippen LogP contribution in [0.1, 0.15) is 32.6 Å². The maximum absolute atomic E-state index is 13.9. The van der Waals surface area contributed by atoms with Gasteiger partial charge in [-0.1, -0.05) is 36.4 Å². The van der Waals surface area contributed by atoms with Crippen molar-refractivity contribution < 1.29 is 27.5 Å². The monoisotopic (exact) mass is 456 g/mol. The highest BCUT2D eigenvalue weighted by atomic mass is 19.4. The number of hydrogen-bond donors (Lipinski definition) is 1. The summed E-state index contributed by atoms with van der Waals surface area (Å²) in [6.07, 6.45) is -4.22. The van der Waals surface area contributed by atoms with Crippen LogP contribution in [0.4, 0.5) is 17.6 Å². The molecule has 33 heavy (non-hydrogen) atoms. The zero-order valence-electron chi connectivity index (χ0n) is 16.9. The van der Waals surface area contributed by atoms with Crippen LogP contribution < -0.4 is 0 Å². The van der Waals surface area contributed by atoms with Crippen LogP contribution >= 0.6 is 0 Å². The zero-order valence-corrected chi connectivity index (χ0v) is 16.9. The molecule has 0 bridgehead atoms. The molecule has 4 rings (SSSR count). The number of carboxylic acids is 1. The van der Waals surface area contributed by atoms with E-state index in [-0.39, 0.29) is 24.4 Å². The average molecular weight is 456 g/mol. The Morgan fingerprint density at radius 3 is 2.36 bits per heavy atom. The topological polar surface area (TPSA) is 80.9 Å². The van der Waals surface area contributed by atoms with E-state index in [1.54, 1.807) is 24.3 Å². The summed E-state index contributed by atoms with van der Waals surface area (Å²) in [5.41, 5.74) is 1.15. The Morgan fingerprint density at radius 2 is 1.70 bits per heavy atom. The molecule has 10 heteroatoms. The molecule has 0 amide bonds. The van der Waals surface area contributed by atoms with Crippen LogP contribution in [0, 0.1) is 5.82 Å². The quantitative estimate of drug-likeness (QED) is 0.420. The molecular formula is C23H16F4N4O2. The van der Waals surface area contributed by atoms with Gasteiger partial charge in [-0.05, 0) is 53.1 Å². The van der Waals surface area contributed by atoms with Crippen LogP contribution in [-0.4, -0.2) is 31.3 Å². The molecule has 1 aromatic heterocycles. The highest BCUT2D eigenvalue weighted by molar-refractivity contribution is 5.89. The lowest BCUT2D eigenvalue weighted by Crippen LogP contribution is -2.06. The molecule has 1 N–H and O–H groups in total. The van der Waals surface area contributed by atoms with Gasteiger partial charge in [-0.2, -0.15) is 18.0 Å². The first-order valence-electron chi connectivity index (χ1n) is 9.74. The van der Waals surface area contributed by atoms with Gasteiger partial charge in [0.05, 0.1) is 17.7 Å². The summed E-state index contributed by atoms with van der Waals surface area (Å²) in [5, 5.41) is 21.5. The lowest BCUT2D eigenvalue weighted by atomic mass is 9.96. The molecule has 0 aliphatic rings. The molecule has 0 fully saturated rings. The standard InChI is InChI=1S/C23H16F4N4O2/c24-20-4-2-1-3-17(20)13-31-29-21(28-30-31)19-12-16(22(32)33)8-7-15(19)11-14-5-9-18(10-6-14)23(25,26)27/h1-10,12H,11,13H2,(H,32,33). The van der Waals surface area contributed by atoms with Crippen molar-refractivity contribution in [2.75, 3.05) is 0 Å². The number of alkyl halides is 3. The molecule has 0 aliphatic carbocycles. The van der Waals surface area contributed by atoms with Crippen molar-refractivity contribution in [3.05, 3.63) is 100 Å². The Labute approximate surface area is 185 Å². The number of carboxylic acid groups (broad SMARTS) is 1. The number of benzene rings is 3. The van der Waals surface area contributed by atoms with Crippen LogP contribution in [0.25, 0.3) is 11.4 Å². The molecule has 0 saturated heterocycles. The van der Waals surface area contributed by atoms with E-state index >= 15 is 0 Å². The van der Waals surface area contributed by atoms with Crippen molar-refractivity contribution in [3.8, 4) is 11.4 Å². The van der Waals surface area contributed by atoms with Crippen LogP contribution in [0.15, 0.2) is 66.7 Å². The summed E-state index contributed by atoms with van der Waals surface area (Å²) < 4.78 is 52.4. The molecular weight excluding hydrogens is 440 g/mol. The molecule has 168 valence electrons. The number of hydrogen-bond acceptors (Lipinski definition) is 4. The number of tetrazole rings is 1. The Balaban J connectivity index is 1.66. The maximum atomic E-state index is 13.9. The Hall–Kier alpha value is -4.08. The Bertz CT molecular complexity index is 1300.